The Balaban J connectivity index is 1.44. The summed E-state index contributed by atoms with van der Waals surface area (Å²) in [6.45, 7) is 1.79. The minimum Gasteiger partial charge on any atom is -0.493 e. The largest absolute Gasteiger partial charge is 0.493 e. The highest BCUT2D eigenvalue weighted by atomic mass is 79.9. The van der Waals surface area contributed by atoms with Gasteiger partial charge in [0.05, 0.1) is 36.2 Å². The summed E-state index contributed by atoms with van der Waals surface area (Å²) in [5.41, 5.74) is 1.80. The summed E-state index contributed by atoms with van der Waals surface area (Å²) < 4.78 is 13.1. The molecule has 0 aliphatic rings. The van der Waals surface area contributed by atoms with E-state index >= 15 is 0 Å². The van der Waals surface area contributed by atoms with Crippen LogP contribution in [0.3, 0.4) is 0 Å². The van der Waals surface area contributed by atoms with Gasteiger partial charge >= 0.3 is 0 Å². The van der Waals surface area contributed by atoms with E-state index in [2.05, 4.69) is 31.2 Å². The van der Waals surface area contributed by atoms with Crippen LogP contribution in [0.25, 0.3) is 10.9 Å². The number of carbonyl (C=O) groups excluding carboxylic acids is 1. The van der Waals surface area contributed by atoms with Crippen molar-refractivity contribution in [3.8, 4) is 17.4 Å². The number of rotatable bonds is 6. The van der Waals surface area contributed by atoms with E-state index in [9.17, 15) is 9.59 Å². The first-order valence-corrected chi connectivity index (χ1v) is 10.5. The van der Waals surface area contributed by atoms with Gasteiger partial charge < -0.3 is 14.8 Å². The molecule has 162 valence electrons. The lowest BCUT2D eigenvalue weighted by Crippen LogP contribution is -2.27. The highest BCUT2D eigenvalue weighted by Gasteiger charge is 2.10. The molecule has 0 fully saturated rings. The summed E-state index contributed by atoms with van der Waals surface area (Å²) in [4.78, 5) is 33.5. The molecule has 4 aromatic rings. The molecule has 1 amide bonds. The molecular weight excluding hydrogens is 476 g/mol. The Morgan fingerprint density at radius 2 is 1.94 bits per heavy atom. The fourth-order valence-electron chi connectivity index (χ4n) is 3.09. The number of benzene rings is 2. The zero-order valence-corrected chi connectivity index (χ0v) is 18.9. The third-order valence-corrected chi connectivity index (χ3v) is 5.15. The van der Waals surface area contributed by atoms with Gasteiger partial charge in [-0.1, -0.05) is 22.0 Å². The number of ether oxygens (including phenoxy) is 2. The van der Waals surface area contributed by atoms with Gasteiger partial charge in [-0.15, -0.1) is 0 Å². The summed E-state index contributed by atoms with van der Waals surface area (Å²) in [5, 5.41) is 3.15. The summed E-state index contributed by atoms with van der Waals surface area (Å²) in [5.74, 6) is 1.12. The first-order chi connectivity index (χ1) is 15.4. The molecule has 0 spiro atoms. The van der Waals surface area contributed by atoms with Crippen LogP contribution in [-0.4, -0.2) is 27.6 Å². The van der Waals surface area contributed by atoms with E-state index in [1.165, 1.54) is 17.1 Å². The first kappa shape index (κ1) is 21.5. The second kappa shape index (κ2) is 9.19. The van der Waals surface area contributed by atoms with Crippen LogP contribution in [0.1, 0.15) is 5.56 Å². The third kappa shape index (κ3) is 4.78. The molecule has 2 aromatic heterocycles. The number of fused-ring (bicyclic) bond motifs is 1. The van der Waals surface area contributed by atoms with Crippen molar-refractivity contribution in [2.75, 3.05) is 12.4 Å². The second-order valence-corrected chi connectivity index (χ2v) is 7.94. The van der Waals surface area contributed by atoms with Crippen molar-refractivity contribution >= 4 is 38.4 Å². The highest BCUT2D eigenvalue weighted by molar-refractivity contribution is 9.10. The third-order valence-electron chi connectivity index (χ3n) is 4.65. The number of hydrogen-bond acceptors (Lipinski definition) is 6. The minimum absolute atomic E-state index is 0.174. The Labute approximate surface area is 192 Å². The van der Waals surface area contributed by atoms with Crippen molar-refractivity contribution in [2.24, 2.45) is 0 Å². The number of aryl methyl sites for hydroxylation is 1. The topological polar surface area (TPSA) is 95.3 Å². The lowest BCUT2D eigenvalue weighted by atomic mass is 10.2. The van der Waals surface area contributed by atoms with E-state index in [0.29, 0.717) is 34.0 Å². The molecule has 9 heteroatoms. The maximum Gasteiger partial charge on any atom is 0.261 e. The van der Waals surface area contributed by atoms with Crippen molar-refractivity contribution in [2.45, 2.75) is 13.5 Å². The van der Waals surface area contributed by atoms with E-state index < -0.39 is 0 Å². The van der Waals surface area contributed by atoms with Crippen molar-refractivity contribution in [3.05, 3.63) is 81.4 Å². The van der Waals surface area contributed by atoms with Crippen LogP contribution in [0.2, 0.25) is 0 Å². The number of anilines is 1. The Morgan fingerprint density at radius 3 is 2.69 bits per heavy atom. The standard InChI is InChI=1S/C23H19BrN4O4/c1-14-3-7-19(20(9-14)31-2)32-22-8-5-16(11-25-22)27-21(29)12-28-13-26-18-6-4-15(24)10-17(18)23(28)30/h3-11,13H,12H2,1-2H3,(H,27,29). The fraction of sp³-hybridized carbons (Fsp3) is 0.130. The van der Waals surface area contributed by atoms with Crippen LogP contribution in [0.5, 0.6) is 17.4 Å². The number of methoxy groups -OCH3 is 1. The minimum atomic E-state index is -0.376. The normalized spacial score (nSPS) is 10.7. The number of halogens is 1. The van der Waals surface area contributed by atoms with Crippen LogP contribution in [0.15, 0.2) is 70.3 Å². The molecule has 2 aromatic carbocycles. The molecule has 0 bridgehead atoms. The van der Waals surface area contributed by atoms with Crippen LogP contribution in [-0.2, 0) is 11.3 Å². The van der Waals surface area contributed by atoms with E-state index in [-0.39, 0.29) is 18.0 Å². The van der Waals surface area contributed by atoms with Gasteiger partial charge in [-0.25, -0.2) is 9.97 Å². The molecule has 2 heterocycles. The summed E-state index contributed by atoms with van der Waals surface area (Å²) in [6, 6.07) is 14.1. The lowest BCUT2D eigenvalue weighted by Gasteiger charge is -2.11. The van der Waals surface area contributed by atoms with Gasteiger partial charge in [-0.2, -0.15) is 0 Å². The SMILES string of the molecule is COc1cc(C)ccc1Oc1ccc(NC(=O)Cn2cnc3ccc(Br)cc3c2=O)cn1. The van der Waals surface area contributed by atoms with E-state index in [4.69, 9.17) is 9.47 Å². The monoisotopic (exact) mass is 494 g/mol. The molecule has 0 saturated carbocycles. The average molecular weight is 495 g/mol. The number of aromatic nitrogens is 3. The van der Waals surface area contributed by atoms with Crippen molar-refractivity contribution in [1.82, 2.24) is 14.5 Å². The molecule has 1 N–H and O–H groups in total. The Morgan fingerprint density at radius 1 is 1.09 bits per heavy atom. The van der Waals surface area contributed by atoms with Gasteiger partial charge in [-0.3, -0.25) is 14.2 Å². The lowest BCUT2D eigenvalue weighted by molar-refractivity contribution is -0.116. The molecule has 4 rings (SSSR count). The molecule has 0 radical (unpaired) electrons. The molecular formula is C23H19BrN4O4. The van der Waals surface area contributed by atoms with Crippen molar-refractivity contribution < 1.29 is 14.3 Å². The Kier molecular flexibility index (Phi) is 6.18. The number of amides is 1. The Bertz CT molecular complexity index is 1350. The van der Waals surface area contributed by atoms with Crippen LogP contribution in [0, 0.1) is 6.92 Å². The predicted molar refractivity (Wildman–Crippen MR) is 124 cm³/mol. The van der Waals surface area contributed by atoms with E-state index in [0.717, 1.165) is 10.0 Å². The first-order valence-electron chi connectivity index (χ1n) is 9.66. The number of nitrogens with zero attached hydrogens (tertiary/aromatic N) is 3. The molecule has 0 saturated heterocycles. The number of carbonyl (C=O) groups is 1. The van der Waals surface area contributed by atoms with Gasteiger partial charge in [0, 0.05) is 10.5 Å². The molecule has 0 aliphatic carbocycles. The average Bonchev–Trinajstić information content (AvgIpc) is 2.78. The molecule has 32 heavy (non-hydrogen) atoms. The van der Waals surface area contributed by atoms with Crippen molar-refractivity contribution in [3.63, 3.8) is 0 Å². The fourth-order valence-corrected chi connectivity index (χ4v) is 3.45. The van der Waals surface area contributed by atoms with Gasteiger partial charge in [0.1, 0.15) is 6.54 Å². The summed E-state index contributed by atoms with van der Waals surface area (Å²) in [6.07, 6.45) is 2.84. The zero-order chi connectivity index (χ0) is 22.7. The van der Waals surface area contributed by atoms with Crippen LogP contribution >= 0.6 is 15.9 Å². The number of pyridine rings is 1. The van der Waals surface area contributed by atoms with Crippen LogP contribution in [0.4, 0.5) is 5.69 Å². The molecule has 0 aliphatic heterocycles. The van der Waals surface area contributed by atoms with Crippen molar-refractivity contribution in [1.29, 1.82) is 0 Å². The highest BCUT2D eigenvalue weighted by Crippen LogP contribution is 2.31. The maximum atomic E-state index is 12.6. The summed E-state index contributed by atoms with van der Waals surface area (Å²) in [7, 11) is 1.57. The van der Waals surface area contributed by atoms with Gasteiger partial charge in [0.25, 0.3) is 5.56 Å². The maximum absolute atomic E-state index is 12.6. The van der Waals surface area contributed by atoms with Crippen LogP contribution < -0.4 is 20.3 Å². The summed E-state index contributed by atoms with van der Waals surface area (Å²) >= 11 is 3.34. The molecule has 0 unspecified atom stereocenters. The smallest absolute Gasteiger partial charge is 0.261 e. The quantitative estimate of drug-likeness (QED) is 0.429. The van der Waals surface area contributed by atoms with Gasteiger partial charge in [-0.05, 0) is 48.9 Å². The second-order valence-electron chi connectivity index (χ2n) is 7.03. The predicted octanol–water partition coefficient (Wildman–Crippen LogP) is 4.30. The molecule has 8 nitrogen and oxygen atoms in total. The number of hydrogen-bond donors (Lipinski definition) is 1. The van der Waals surface area contributed by atoms with Gasteiger partial charge in [0.2, 0.25) is 11.8 Å². The zero-order valence-electron chi connectivity index (χ0n) is 17.3. The number of nitrogens with one attached hydrogen (secondary N) is 1. The van der Waals surface area contributed by atoms with E-state index in [1.807, 2.05) is 19.1 Å². The molecule has 0 atom stereocenters. The van der Waals surface area contributed by atoms with Gasteiger partial charge in [0.15, 0.2) is 11.5 Å². The van der Waals surface area contributed by atoms with E-state index in [1.54, 1.807) is 43.5 Å². The Hall–Kier alpha value is -3.72.